The van der Waals surface area contributed by atoms with Crippen LogP contribution in [0.4, 0.5) is 5.82 Å². The Kier molecular flexibility index (Phi) is 4.01. The van der Waals surface area contributed by atoms with Gasteiger partial charge in [-0.25, -0.2) is 9.97 Å². The zero-order chi connectivity index (χ0) is 11.4. The molecule has 2 heterocycles. The molecule has 0 aliphatic carbocycles. The van der Waals surface area contributed by atoms with Gasteiger partial charge in [-0.05, 0) is 31.1 Å². The van der Waals surface area contributed by atoms with Gasteiger partial charge in [-0.3, -0.25) is 0 Å². The third-order valence-electron chi connectivity index (χ3n) is 3.00. The molecular weight excluding hydrogens is 222 g/mol. The van der Waals surface area contributed by atoms with Crippen LogP contribution in [0.3, 0.4) is 0 Å². The Morgan fingerprint density at radius 2 is 2.25 bits per heavy atom. The molecule has 1 aromatic rings. The number of nitrogens with zero attached hydrogens (tertiary/aromatic N) is 3. The minimum Gasteiger partial charge on any atom is -0.396 e. The predicted octanol–water partition coefficient (Wildman–Crippen LogP) is 1.41. The van der Waals surface area contributed by atoms with Crippen LogP contribution < -0.4 is 4.90 Å². The van der Waals surface area contributed by atoms with Crippen molar-refractivity contribution in [1.29, 1.82) is 0 Å². The van der Waals surface area contributed by atoms with Crippen LogP contribution in [0.5, 0.6) is 0 Å². The average molecular weight is 239 g/mol. The number of anilines is 1. The van der Waals surface area contributed by atoms with Crippen LogP contribution in [0.2, 0.25) is 0 Å². The van der Waals surface area contributed by atoms with Crippen LogP contribution in [0.1, 0.15) is 12.8 Å². The van der Waals surface area contributed by atoms with Crippen molar-refractivity contribution in [3.63, 3.8) is 0 Å². The lowest BCUT2D eigenvalue weighted by atomic mass is 9.98. The maximum atomic E-state index is 9.08. The first-order valence-electron chi connectivity index (χ1n) is 5.56. The summed E-state index contributed by atoms with van der Waals surface area (Å²) in [6, 6.07) is 1.96. The highest BCUT2D eigenvalue weighted by molar-refractivity contribution is 7.98. The molecule has 4 nitrogen and oxygen atoms in total. The molecule has 0 bridgehead atoms. The summed E-state index contributed by atoms with van der Waals surface area (Å²) >= 11 is 1.56. The fourth-order valence-corrected chi connectivity index (χ4v) is 2.30. The number of aliphatic hydroxyl groups excluding tert-OH is 1. The highest BCUT2D eigenvalue weighted by Gasteiger charge is 2.19. The van der Waals surface area contributed by atoms with Gasteiger partial charge in [0.15, 0.2) is 5.16 Å². The molecule has 88 valence electrons. The minimum absolute atomic E-state index is 0.313. The Morgan fingerprint density at radius 3 is 2.88 bits per heavy atom. The summed E-state index contributed by atoms with van der Waals surface area (Å²) in [7, 11) is 0. The summed E-state index contributed by atoms with van der Waals surface area (Å²) in [6.07, 6.45) is 5.90. The van der Waals surface area contributed by atoms with Crippen molar-refractivity contribution in [3.8, 4) is 0 Å². The van der Waals surface area contributed by atoms with Gasteiger partial charge < -0.3 is 10.0 Å². The minimum atomic E-state index is 0.313. The summed E-state index contributed by atoms with van der Waals surface area (Å²) in [5, 5.41) is 9.90. The Morgan fingerprint density at radius 1 is 1.50 bits per heavy atom. The molecule has 0 atom stereocenters. The number of piperidine rings is 1. The number of aromatic nitrogens is 2. The van der Waals surface area contributed by atoms with E-state index in [1.165, 1.54) is 0 Å². The summed E-state index contributed by atoms with van der Waals surface area (Å²) in [4.78, 5) is 10.9. The van der Waals surface area contributed by atoms with Crippen LogP contribution in [0.25, 0.3) is 0 Å². The number of thioether (sulfide) groups is 1. The molecule has 1 aromatic heterocycles. The van der Waals surface area contributed by atoms with Crippen LogP contribution in [-0.4, -0.2) is 41.0 Å². The fraction of sp³-hybridized carbons (Fsp3) is 0.636. The molecule has 1 aliphatic heterocycles. The Balaban J connectivity index is 2.02. The molecule has 1 aliphatic rings. The Bertz CT molecular complexity index is 340. The van der Waals surface area contributed by atoms with Crippen molar-refractivity contribution in [2.24, 2.45) is 5.92 Å². The molecule has 0 unspecified atom stereocenters. The molecular formula is C11H17N3OS. The number of rotatable bonds is 3. The number of hydrogen-bond acceptors (Lipinski definition) is 5. The first-order chi connectivity index (χ1) is 7.83. The molecule has 2 rings (SSSR count). The average Bonchev–Trinajstić information content (AvgIpc) is 2.39. The van der Waals surface area contributed by atoms with E-state index in [1.54, 1.807) is 11.8 Å². The summed E-state index contributed by atoms with van der Waals surface area (Å²) in [5.41, 5.74) is 0. The lowest BCUT2D eigenvalue weighted by molar-refractivity contribution is 0.202. The van der Waals surface area contributed by atoms with Gasteiger partial charge in [0.05, 0.1) is 0 Å². The van der Waals surface area contributed by atoms with Gasteiger partial charge in [0, 0.05) is 25.9 Å². The highest BCUT2D eigenvalue weighted by atomic mass is 32.2. The summed E-state index contributed by atoms with van der Waals surface area (Å²) in [5.74, 6) is 1.48. The van der Waals surface area contributed by atoms with Gasteiger partial charge in [-0.2, -0.15) is 0 Å². The largest absolute Gasteiger partial charge is 0.396 e. The van der Waals surface area contributed by atoms with E-state index in [-0.39, 0.29) is 0 Å². The van der Waals surface area contributed by atoms with E-state index < -0.39 is 0 Å². The second kappa shape index (κ2) is 5.50. The normalized spacial score (nSPS) is 17.8. The van der Waals surface area contributed by atoms with Crippen LogP contribution in [-0.2, 0) is 0 Å². The van der Waals surface area contributed by atoms with E-state index in [2.05, 4.69) is 14.9 Å². The van der Waals surface area contributed by atoms with Crippen molar-refractivity contribution < 1.29 is 5.11 Å². The molecule has 1 N–H and O–H groups in total. The van der Waals surface area contributed by atoms with E-state index >= 15 is 0 Å². The molecule has 5 heteroatoms. The molecule has 0 radical (unpaired) electrons. The van der Waals surface area contributed by atoms with Gasteiger partial charge in [0.1, 0.15) is 5.82 Å². The van der Waals surface area contributed by atoms with Crippen molar-refractivity contribution >= 4 is 17.6 Å². The third kappa shape index (κ3) is 2.65. The van der Waals surface area contributed by atoms with Crippen LogP contribution in [0, 0.1) is 5.92 Å². The van der Waals surface area contributed by atoms with Gasteiger partial charge in [-0.1, -0.05) is 11.8 Å². The van der Waals surface area contributed by atoms with Gasteiger partial charge in [0.2, 0.25) is 0 Å². The summed E-state index contributed by atoms with van der Waals surface area (Å²) in [6.45, 7) is 2.28. The second-order valence-corrected chi connectivity index (χ2v) is 4.79. The quantitative estimate of drug-likeness (QED) is 0.638. The number of hydrogen-bond donors (Lipinski definition) is 1. The Labute approximate surface area is 100 Å². The molecule has 16 heavy (non-hydrogen) atoms. The topological polar surface area (TPSA) is 49.2 Å². The SMILES string of the molecule is CSc1nccc(N2CCC(CO)CC2)n1. The van der Waals surface area contributed by atoms with E-state index in [0.717, 1.165) is 36.9 Å². The monoisotopic (exact) mass is 239 g/mol. The maximum Gasteiger partial charge on any atom is 0.189 e. The van der Waals surface area contributed by atoms with Gasteiger partial charge in [0.25, 0.3) is 0 Å². The van der Waals surface area contributed by atoms with Gasteiger partial charge in [-0.15, -0.1) is 0 Å². The zero-order valence-electron chi connectivity index (χ0n) is 9.46. The highest BCUT2D eigenvalue weighted by Crippen LogP contribution is 2.22. The van der Waals surface area contributed by atoms with Gasteiger partial charge >= 0.3 is 0 Å². The van der Waals surface area contributed by atoms with Crippen molar-refractivity contribution in [1.82, 2.24) is 9.97 Å². The Hall–Kier alpha value is -0.810. The lowest BCUT2D eigenvalue weighted by Gasteiger charge is -2.31. The predicted molar refractivity (Wildman–Crippen MR) is 65.8 cm³/mol. The standard InChI is InChI=1S/C11H17N3OS/c1-16-11-12-5-2-10(13-11)14-6-3-9(8-15)4-7-14/h2,5,9,15H,3-4,6-8H2,1H3. The zero-order valence-corrected chi connectivity index (χ0v) is 10.3. The van der Waals surface area contributed by atoms with Crippen molar-refractivity contribution in [2.45, 2.75) is 18.0 Å². The first-order valence-corrected chi connectivity index (χ1v) is 6.79. The third-order valence-corrected chi connectivity index (χ3v) is 3.56. The molecule has 0 aromatic carbocycles. The molecule has 1 saturated heterocycles. The molecule has 0 amide bonds. The van der Waals surface area contributed by atoms with E-state index in [0.29, 0.717) is 12.5 Å². The van der Waals surface area contributed by atoms with Crippen LogP contribution in [0.15, 0.2) is 17.4 Å². The van der Waals surface area contributed by atoms with E-state index in [9.17, 15) is 0 Å². The molecule has 0 saturated carbocycles. The van der Waals surface area contributed by atoms with E-state index in [1.807, 2.05) is 18.5 Å². The molecule has 0 spiro atoms. The van der Waals surface area contributed by atoms with Crippen molar-refractivity contribution in [2.75, 3.05) is 30.9 Å². The maximum absolute atomic E-state index is 9.08. The number of aliphatic hydroxyl groups is 1. The second-order valence-electron chi connectivity index (χ2n) is 4.01. The van der Waals surface area contributed by atoms with Crippen molar-refractivity contribution in [3.05, 3.63) is 12.3 Å². The molecule has 1 fully saturated rings. The summed E-state index contributed by atoms with van der Waals surface area (Å²) < 4.78 is 0. The smallest absolute Gasteiger partial charge is 0.189 e. The fourth-order valence-electron chi connectivity index (χ4n) is 1.95. The van der Waals surface area contributed by atoms with E-state index in [4.69, 9.17) is 5.11 Å². The first kappa shape index (κ1) is 11.7. The lowest BCUT2D eigenvalue weighted by Crippen LogP contribution is -2.35. The van der Waals surface area contributed by atoms with Crippen LogP contribution >= 0.6 is 11.8 Å².